The fraction of sp³-hybridized carbons (Fsp3) is 0.375. The Labute approximate surface area is 118 Å². The molecule has 1 aliphatic rings. The molecule has 2 N–H and O–H groups in total. The Hall–Kier alpha value is -1.32. The van der Waals surface area contributed by atoms with E-state index < -0.39 is 0 Å². The van der Waals surface area contributed by atoms with Crippen LogP contribution < -0.4 is 5.73 Å². The molecule has 2 heterocycles. The largest absolute Gasteiger partial charge is 0.399 e. The van der Waals surface area contributed by atoms with Crippen LogP contribution in [0.4, 0.5) is 5.69 Å². The van der Waals surface area contributed by atoms with Crippen molar-refractivity contribution < 1.29 is 0 Å². The molecule has 0 unspecified atom stereocenters. The van der Waals surface area contributed by atoms with E-state index in [0.29, 0.717) is 0 Å². The number of aryl methyl sites for hydroxylation is 1. The van der Waals surface area contributed by atoms with E-state index in [-0.39, 0.29) is 0 Å². The summed E-state index contributed by atoms with van der Waals surface area (Å²) in [4.78, 5) is 4.16. The van der Waals surface area contributed by atoms with E-state index in [4.69, 9.17) is 5.73 Å². The van der Waals surface area contributed by atoms with Gasteiger partial charge < -0.3 is 5.73 Å². The fourth-order valence-electron chi connectivity index (χ4n) is 2.75. The van der Waals surface area contributed by atoms with Gasteiger partial charge in [0, 0.05) is 23.7 Å². The van der Waals surface area contributed by atoms with E-state index >= 15 is 0 Å². The standard InChI is InChI=1S/C16H20N2S/c17-15-5-1-3-13(11-15)4-2-8-18-9-6-16-14(12-18)7-10-19-16/h1,3,5,7,10-11H,2,4,6,8-9,12,17H2. The average molecular weight is 272 g/mol. The summed E-state index contributed by atoms with van der Waals surface area (Å²) in [7, 11) is 0. The Morgan fingerprint density at radius 1 is 1.26 bits per heavy atom. The molecule has 0 atom stereocenters. The van der Waals surface area contributed by atoms with Crippen LogP contribution in [0, 0.1) is 0 Å². The fourth-order valence-corrected chi connectivity index (χ4v) is 3.64. The topological polar surface area (TPSA) is 29.3 Å². The molecule has 0 saturated carbocycles. The second kappa shape index (κ2) is 5.76. The highest BCUT2D eigenvalue weighted by Gasteiger charge is 2.16. The molecule has 0 aliphatic carbocycles. The van der Waals surface area contributed by atoms with Gasteiger partial charge in [0.2, 0.25) is 0 Å². The van der Waals surface area contributed by atoms with E-state index in [0.717, 1.165) is 18.7 Å². The molecule has 2 aromatic rings. The van der Waals surface area contributed by atoms with Crippen molar-refractivity contribution in [2.45, 2.75) is 25.8 Å². The minimum atomic E-state index is 0.874. The molecule has 0 radical (unpaired) electrons. The predicted octanol–water partition coefficient (Wildman–Crippen LogP) is 3.32. The van der Waals surface area contributed by atoms with Crippen LogP contribution in [0.25, 0.3) is 0 Å². The van der Waals surface area contributed by atoms with Gasteiger partial charge in [-0.1, -0.05) is 12.1 Å². The van der Waals surface area contributed by atoms with Crippen LogP contribution in [-0.2, 0) is 19.4 Å². The van der Waals surface area contributed by atoms with Gasteiger partial charge in [-0.2, -0.15) is 0 Å². The summed E-state index contributed by atoms with van der Waals surface area (Å²) in [5.41, 5.74) is 9.58. The number of nitrogen functional groups attached to an aromatic ring is 1. The molecule has 19 heavy (non-hydrogen) atoms. The first kappa shape index (κ1) is 12.7. The number of anilines is 1. The second-order valence-corrected chi connectivity index (χ2v) is 6.24. The first-order chi connectivity index (χ1) is 9.31. The molecule has 3 rings (SSSR count). The highest BCUT2D eigenvalue weighted by molar-refractivity contribution is 7.10. The molecule has 0 saturated heterocycles. The second-order valence-electron chi connectivity index (χ2n) is 5.24. The van der Waals surface area contributed by atoms with Crippen molar-refractivity contribution in [2.75, 3.05) is 18.8 Å². The maximum Gasteiger partial charge on any atom is 0.0316 e. The van der Waals surface area contributed by atoms with Gasteiger partial charge in [-0.25, -0.2) is 0 Å². The van der Waals surface area contributed by atoms with E-state index in [9.17, 15) is 0 Å². The Bertz CT molecular complexity index is 547. The quantitative estimate of drug-likeness (QED) is 0.865. The van der Waals surface area contributed by atoms with Gasteiger partial charge in [-0.3, -0.25) is 4.90 Å². The van der Waals surface area contributed by atoms with Crippen LogP contribution in [0.3, 0.4) is 0 Å². The monoisotopic (exact) mass is 272 g/mol. The Morgan fingerprint density at radius 3 is 3.11 bits per heavy atom. The normalized spacial score (nSPS) is 15.4. The number of nitrogens with zero attached hydrogens (tertiary/aromatic N) is 1. The van der Waals surface area contributed by atoms with Gasteiger partial charge in [0.1, 0.15) is 0 Å². The number of benzene rings is 1. The van der Waals surface area contributed by atoms with E-state index in [1.54, 1.807) is 10.4 Å². The summed E-state index contributed by atoms with van der Waals surface area (Å²) in [6.45, 7) is 3.53. The molecular weight excluding hydrogens is 252 g/mol. The van der Waals surface area contributed by atoms with Crippen molar-refractivity contribution in [2.24, 2.45) is 0 Å². The molecule has 0 bridgehead atoms. The van der Waals surface area contributed by atoms with Crippen molar-refractivity contribution in [3.63, 3.8) is 0 Å². The molecule has 1 aromatic carbocycles. The van der Waals surface area contributed by atoms with E-state index in [1.165, 1.54) is 31.5 Å². The Morgan fingerprint density at radius 2 is 2.21 bits per heavy atom. The van der Waals surface area contributed by atoms with Gasteiger partial charge in [0.15, 0.2) is 0 Å². The maximum absolute atomic E-state index is 5.81. The highest BCUT2D eigenvalue weighted by Crippen LogP contribution is 2.24. The summed E-state index contributed by atoms with van der Waals surface area (Å²) in [6.07, 6.45) is 3.56. The van der Waals surface area contributed by atoms with Crippen LogP contribution >= 0.6 is 11.3 Å². The van der Waals surface area contributed by atoms with Crippen molar-refractivity contribution in [1.29, 1.82) is 0 Å². The third-order valence-corrected chi connectivity index (χ3v) is 4.80. The van der Waals surface area contributed by atoms with E-state index in [2.05, 4.69) is 28.5 Å². The molecule has 0 amide bonds. The molecule has 3 heteroatoms. The van der Waals surface area contributed by atoms with E-state index in [1.807, 2.05) is 23.5 Å². The molecule has 0 spiro atoms. The maximum atomic E-state index is 5.81. The van der Waals surface area contributed by atoms with Crippen LogP contribution in [0.15, 0.2) is 35.7 Å². The summed E-state index contributed by atoms with van der Waals surface area (Å²) >= 11 is 1.91. The third-order valence-electron chi connectivity index (χ3n) is 3.78. The zero-order chi connectivity index (χ0) is 13.1. The molecule has 1 aromatic heterocycles. The number of rotatable bonds is 4. The van der Waals surface area contributed by atoms with Gasteiger partial charge in [-0.15, -0.1) is 11.3 Å². The highest BCUT2D eigenvalue weighted by atomic mass is 32.1. The molecule has 1 aliphatic heterocycles. The lowest BCUT2D eigenvalue weighted by Gasteiger charge is -2.26. The molecule has 2 nitrogen and oxygen atoms in total. The third kappa shape index (κ3) is 3.17. The summed E-state index contributed by atoms with van der Waals surface area (Å²) in [5.74, 6) is 0. The van der Waals surface area contributed by atoms with Gasteiger partial charge >= 0.3 is 0 Å². The lowest BCUT2D eigenvalue weighted by molar-refractivity contribution is 0.253. The van der Waals surface area contributed by atoms with Crippen LogP contribution in [-0.4, -0.2) is 18.0 Å². The number of fused-ring (bicyclic) bond motifs is 1. The Kier molecular flexibility index (Phi) is 3.85. The number of hydrogen-bond acceptors (Lipinski definition) is 3. The van der Waals surface area contributed by atoms with Gasteiger partial charge in [-0.05, 0) is 60.5 Å². The molecular formula is C16H20N2S. The van der Waals surface area contributed by atoms with Crippen molar-refractivity contribution in [1.82, 2.24) is 4.90 Å². The van der Waals surface area contributed by atoms with Gasteiger partial charge in [0.05, 0.1) is 0 Å². The lowest BCUT2D eigenvalue weighted by Crippen LogP contribution is -2.30. The number of nitrogens with two attached hydrogens (primary N) is 1. The number of hydrogen-bond donors (Lipinski definition) is 1. The zero-order valence-corrected chi connectivity index (χ0v) is 12.0. The van der Waals surface area contributed by atoms with Crippen LogP contribution in [0.5, 0.6) is 0 Å². The van der Waals surface area contributed by atoms with Crippen molar-refractivity contribution in [3.05, 3.63) is 51.7 Å². The minimum Gasteiger partial charge on any atom is -0.399 e. The van der Waals surface area contributed by atoms with Crippen LogP contribution in [0.2, 0.25) is 0 Å². The summed E-state index contributed by atoms with van der Waals surface area (Å²) in [5, 5.41) is 2.22. The summed E-state index contributed by atoms with van der Waals surface area (Å²) in [6, 6.07) is 10.5. The lowest BCUT2D eigenvalue weighted by atomic mass is 10.1. The summed E-state index contributed by atoms with van der Waals surface area (Å²) < 4.78 is 0. The minimum absolute atomic E-state index is 0.874. The Balaban J connectivity index is 1.49. The SMILES string of the molecule is Nc1cccc(CCCN2CCc3sccc3C2)c1. The van der Waals surface area contributed by atoms with Crippen molar-refractivity contribution in [3.8, 4) is 0 Å². The first-order valence-corrected chi connectivity index (χ1v) is 7.81. The van der Waals surface area contributed by atoms with Crippen molar-refractivity contribution >= 4 is 17.0 Å². The number of thiophene rings is 1. The zero-order valence-electron chi connectivity index (χ0n) is 11.1. The first-order valence-electron chi connectivity index (χ1n) is 6.93. The smallest absolute Gasteiger partial charge is 0.0316 e. The average Bonchev–Trinajstić information content (AvgIpc) is 2.86. The van der Waals surface area contributed by atoms with Crippen LogP contribution in [0.1, 0.15) is 22.4 Å². The molecule has 100 valence electrons. The van der Waals surface area contributed by atoms with Gasteiger partial charge in [0.25, 0.3) is 0 Å². The molecule has 0 fully saturated rings. The predicted molar refractivity (Wildman–Crippen MR) is 82.5 cm³/mol.